The summed E-state index contributed by atoms with van der Waals surface area (Å²) < 4.78 is 0. The van der Waals surface area contributed by atoms with Crippen molar-refractivity contribution in [2.24, 2.45) is 0 Å². The molecule has 0 spiro atoms. The fourth-order valence-corrected chi connectivity index (χ4v) is 3.13. The van der Waals surface area contributed by atoms with Crippen LogP contribution in [0.15, 0.2) is 60.0 Å². The van der Waals surface area contributed by atoms with Crippen LogP contribution in [0.2, 0.25) is 5.02 Å². The Labute approximate surface area is 144 Å². The summed E-state index contributed by atoms with van der Waals surface area (Å²) in [6.45, 7) is 0.555. The van der Waals surface area contributed by atoms with Crippen LogP contribution in [0, 0.1) is 0 Å². The molecular weight excluding hydrogens is 328 g/mol. The molecule has 0 saturated carbocycles. The van der Waals surface area contributed by atoms with E-state index in [0.717, 1.165) is 16.3 Å². The maximum Gasteiger partial charge on any atom is 0.251 e. The van der Waals surface area contributed by atoms with E-state index in [4.69, 9.17) is 11.6 Å². The Morgan fingerprint density at radius 1 is 1.09 bits per heavy atom. The molecular formula is C18H15ClN2OS. The molecule has 0 saturated heterocycles. The number of thiazole rings is 1. The summed E-state index contributed by atoms with van der Waals surface area (Å²) in [5.41, 5.74) is 2.72. The third-order valence-corrected chi connectivity index (χ3v) is 4.54. The minimum atomic E-state index is -0.0971. The normalized spacial score (nSPS) is 10.5. The first-order valence-corrected chi connectivity index (χ1v) is 8.52. The Morgan fingerprint density at radius 3 is 2.57 bits per heavy atom. The molecule has 1 aromatic heterocycles. The van der Waals surface area contributed by atoms with E-state index in [1.54, 1.807) is 35.6 Å². The van der Waals surface area contributed by atoms with Crippen molar-refractivity contribution >= 4 is 28.8 Å². The zero-order chi connectivity index (χ0) is 16.1. The molecule has 23 heavy (non-hydrogen) atoms. The zero-order valence-corrected chi connectivity index (χ0v) is 13.9. The molecule has 1 N–H and O–H groups in total. The first kappa shape index (κ1) is 15.7. The Hall–Kier alpha value is -2.17. The first-order chi connectivity index (χ1) is 11.2. The molecule has 0 aliphatic rings. The lowest BCUT2D eigenvalue weighted by Crippen LogP contribution is -2.25. The van der Waals surface area contributed by atoms with Gasteiger partial charge in [-0.05, 0) is 24.3 Å². The number of benzene rings is 2. The highest BCUT2D eigenvalue weighted by Gasteiger charge is 2.07. The van der Waals surface area contributed by atoms with Crippen molar-refractivity contribution in [3.8, 4) is 10.6 Å². The summed E-state index contributed by atoms with van der Waals surface area (Å²) in [5.74, 6) is -0.0971. The highest BCUT2D eigenvalue weighted by molar-refractivity contribution is 7.13. The van der Waals surface area contributed by atoms with Gasteiger partial charge in [0.05, 0.1) is 5.69 Å². The predicted molar refractivity (Wildman–Crippen MR) is 95.0 cm³/mol. The average Bonchev–Trinajstić information content (AvgIpc) is 3.05. The minimum Gasteiger partial charge on any atom is -0.352 e. The van der Waals surface area contributed by atoms with Crippen molar-refractivity contribution < 1.29 is 4.79 Å². The summed E-state index contributed by atoms with van der Waals surface area (Å²) in [5, 5.41) is 6.56. The van der Waals surface area contributed by atoms with Gasteiger partial charge in [0.15, 0.2) is 0 Å². The van der Waals surface area contributed by atoms with Gasteiger partial charge < -0.3 is 5.32 Å². The van der Waals surface area contributed by atoms with Gasteiger partial charge >= 0.3 is 0 Å². The van der Waals surface area contributed by atoms with Crippen molar-refractivity contribution in [1.82, 2.24) is 10.3 Å². The van der Waals surface area contributed by atoms with Crippen LogP contribution in [-0.2, 0) is 6.42 Å². The molecule has 1 amide bonds. The number of amides is 1. The number of carbonyl (C=O) groups excluding carboxylic acids is 1. The van der Waals surface area contributed by atoms with Crippen molar-refractivity contribution in [1.29, 1.82) is 0 Å². The third-order valence-electron chi connectivity index (χ3n) is 3.35. The molecule has 5 heteroatoms. The van der Waals surface area contributed by atoms with Crippen molar-refractivity contribution in [2.75, 3.05) is 6.54 Å². The number of carbonyl (C=O) groups is 1. The summed E-state index contributed by atoms with van der Waals surface area (Å²) in [6.07, 6.45) is 0.711. The van der Waals surface area contributed by atoms with Crippen LogP contribution >= 0.6 is 22.9 Å². The molecule has 1 heterocycles. The Balaban J connectivity index is 1.54. The smallest absolute Gasteiger partial charge is 0.251 e. The van der Waals surface area contributed by atoms with Crippen LogP contribution in [0.1, 0.15) is 16.1 Å². The molecule has 3 nitrogen and oxygen atoms in total. The van der Waals surface area contributed by atoms with E-state index < -0.39 is 0 Å². The summed E-state index contributed by atoms with van der Waals surface area (Å²) in [4.78, 5) is 16.6. The fraction of sp³-hybridized carbons (Fsp3) is 0.111. The lowest BCUT2D eigenvalue weighted by atomic mass is 10.2. The number of rotatable bonds is 5. The molecule has 0 fully saturated rings. The predicted octanol–water partition coefficient (Wildman–Crippen LogP) is 4.44. The molecule has 0 unspecified atom stereocenters. The van der Waals surface area contributed by atoms with Gasteiger partial charge in [0.2, 0.25) is 0 Å². The maximum absolute atomic E-state index is 12.0. The molecule has 2 aromatic carbocycles. The number of aromatic nitrogens is 1. The largest absolute Gasteiger partial charge is 0.352 e. The van der Waals surface area contributed by atoms with Crippen molar-refractivity contribution in [2.45, 2.75) is 6.42 Å². The van der Waals surface area contributed by atoms with E-state index >= 15 is 0 Å². The average molecular weight is 343 g/mol. The molecule has 116 valence electrons. The monoisotopic (exact) mass is 342 g/mol. The van der Waals surface area contributed by atoms with Crippen LogP contribution in [0.5, 0.6) is 0 Å². The van der Waals surface area contributed by atoms with Gasteiger partial charge in [0.25, 0.3) is 5.91 Å². The Morgan fingerprint density at radius 2 is 1.83 bits per heavy atom. The van der Waals surface area contributed by atoms with Crippen molar-refractivity contribution in [3.05, 3.63) is 76.3 Å². The highest BCUT2D eigenvalue weighted by Crippen LogP contribution is 2.23. The lowest BCUT2D eigenvalue weighted by molar-refractivity contribution is 0.0954. The van der Waals surface area contributed by atoms with E-state index in [0.29, 0.717) is 23.6 Å². The standard InChI is InChI=1S/C18H15ClN2OS/c19-15-8-6-13(7-9-15)17(22)20-11-10-16-12-23-18(21-16)14-4-2-1-3-5-14/h1-9,12H,10-11H2,(H,20,22). The van der Waals surface area contributed by atoms with E-state index in [2.05, 4.69) is 10.3 Å². The second kappa shape index (κ2) is 7.40. The Bertz CT molecular complexity index is 784. The number of hydrogen-bond donors (Lipinski definition) is 1. The van der Waals surface area contributed by atoms with Crippen LogP contribution in [0.25, 0.3) is 10.6 Å². The summed E-state index contributed by atoms with van der Waals surface area (Å²) >= 11 is 7.44. The first-order valence-electron chi connectivity index (χ1n) is 7.26. The SMILES string of the molecule is O=C(NCCc1csc(-c2ccccc2)n1)c1ccc(Cl)cc1. The molecule has 0 bridgehead atoms. The second-order valence-electron chi connectivity index (χ2n) is 5.02. The van der Waals surface area contributed by atoms with E-state index in [9.17, 15) is 4.79 Å². The second-order valence-corrected chi connectivity index (χ2v) is 6.32. The topological polar surface area (TPSA) is 42.0 Å². The molecule has 3 aromatic rings. The van der Waals surface area contributed by atoms with Gasteiger partial charge in [0.1, 0.15) is 5.01 Å². The van der Waals surface area contributed by atoms with Crippen molar-refractivity contribution in [3.63, 3.8) is 0 Å². The van der Waals surface area contributed by atoms with Gasteiger partial charge in [0, 0.05) is 34.5 Å². The quantitative estimate of drug-likeness (QED) is 0.745. The van der Waals surface area contributed by atoms with Gasteiger partial charge in [-0.1, -0.05) is 41.9 Å². The van der Waals surface area contributed by atoms with Gasteiger partial charge in [-0.2, -0.15) is 0 Å². The number of nitrogens with zero attached hydrogens (tertiary/aromatic N) is 1. The van der Waals surface area contributed by atoms with Crippen LogP contribution in [0.3, 0.4) is 0 Å². The fourth-order valence-electron chi connectivity index (χ4n) is 2.14. The van der Waals surface area contributed by atoms with Crippen LogP contribution in [-0.4, -0.2) is 17.4 Å². The molecule has 0 radical (unpaired) electrons. The highest BCUT2D eigenvalue weighted by atomic mass is 35.5. The maximum atomic E-state index is 12.0. The number of hydrogen-bond acceptors (Lipinski definition) is 3. The van der Waals surface area contributed by atoms with Gasteiger partial charge in [-0.3, -0.25) is 4.79 Å². The molecule has 0 aliphatic carbocycles. The zero-order valence-electron chi connectivity index (χ0n) is 12.3. The van der Waals surface area contributed by atoms with Crippen LogP contribution < -0.4 is 5.32 Å². The lowest BCUT2D eigenvalue weighted by Gasteiger charge is -2.04. The summed E-state index contributed by atoms with van der Waals surface area (Å²) in [6, 6.07) is 16.9. The minimum absolute atomic E-state index is 0.0971. The molecule has 0 aliphatic heterocycles. The van der Waals surface area contributed by atoms with Crippen LogP contribution in [0.4, 0.5) is 0 Å². The van der Waals surface area contributed by atoms with Gasteiger partial charge in [-0.25, -0.2) is 4.98 Å². The third kappa shape index (κ3) is 4.18. The Kier molecular flexibility index (Phi) is 5.05. The van der Waals surface area contributed by atoms with E-state index in [1.807, 2.05) is 35.7 Å². The van der Waals surface area contributed by atoms with E-state index in [-0.39, 0.29) is 5.91 Å². The number of nitrogens with one attached hydrogen (secondary N) is 1. The summed E-state index contributed by atoms with van der Waals surface area (Å²) in [7, 11) is 0. The molecule has 0 atom stereocenters. The number of halogens is 1. The van der Waals surface area contributed by atoms with Gasteiger partial charge in [-0.15, -0.1) is 11.3 Å². The molecule has 3 rings (SSSR count). The van der Waals surface area contributed by atoms with E-state index in [1.165, 1.54) is 0 Å².